The minimum absolute atomic E-state index is 0.0844. The lowest BCUT2D eigenvalue weighted by Gasteiger charge is -2.05. The van der Waals surface area contributed by atoms with Gasteiger partial charge in [0, 0.05) is 69.0 Å². The topological polar surface area (TPSA) is 169 Å². The zero-order chi connectivity index (χ0) is 24.0. The summed E-state index contributed by atoms with van der Waals surface area (Å²) in [4.78, 5) is 29.2. The van der Waals surface area contributed by atoms with E-state index in [0.717, 1.165) is 28.2 Å². The number of imide groups is 1. The summed E-state index contributed by atoms with van der Waals surface area (Å²) in [6, 6.07) is 10.9. The zero-order valence-corrected chi connectivity index (χ0v) is 19.0. The van der Waals surface area contributed by atoms with Gasteiger partial charge in [0.25, 0.3) is 11.8 Å². The second kappa shape index (κ2) is 8.31. The standard InChI is InChI=1S/C24H23N7O2S/c25-12-2-4-18-14(8-12)16(10-29-18)20-21(23(33)30-22(20)32)17-11-31(6-1-7-34-24(27)28)19-5-3-13(26)9-15(17)19/h2-5,8-11,29H,1,6-7,25-26H2,(H3,27,28)(H,30,32,33). The van der Waals surface area contributed by atoms with E-state index in [0.29, 0.717) is 45.9 Å². The fourth-order valence-corrected chi connectivity index (χ4v) is 4.92. The number of carbonyl (C=O) groups is 2. The van der Waals surface area contributed by atoms with Crippen LogP contribution in [0.5, 0.6) is 0 Å². The molecule has 0 radical (unpaired) electrons. The van der Waals surface area contributed by atoms with Crippen molar-refractivity contribution in [3.8, 4) is 0 Å². The van der Waals surface area contributed by atoms with Crippen LogP contribution >= 0.6 is 11.8 Å². The molecule has 2 aromatic heterocycles. The number of amidine groups is 1. The highest BCUT2D eigenvalue weighted by Crippen LogP contribution is 2.39. The van der Waals surface area contributed by atoms with Crippen molar-refractivity contribution in [2.45, 2.75) is 13.0 Å². The molecular weight excluding hydrogens is 450 g/mol. The number of aryl methyl sites for hydroxylation is 1. The summed E-state index contributed by atoms with van der Waals surface area (Å²) in [6.45, 7) is 0.655. The average Bonchev–Trinajstić information content (AvgIpc) is 3.43. The number of amides is 2. The first-order chi connectivity index (χ1) is 16.3. The van der Waals surface area contributed by atoms with E-state index in [1.54, 1.807) is 18.3 Å². The Balaban J connectivity index is 1.68. The Labute approximate surface area is 198 Å². The molecule has 2 aromatic carbocycles. The number of carbonyl (C=O) groups excluding carboxylic acids is 2. The summed E-state index contributed by atoms with van der Waals surface area (Å²) >= 11 is 1.29. The Morgan fingerprint density at radius 1 is 0.971 bits per heavy atom. The van der Waals surface area contributed by atoms with E-state index >= 15 is 0 Å². The third-order valence-electron chi connectivity index (χ3n) is 5.88. The number of fused-ring (bicyclic) bond motifs is 2. The number of benzene rings is 2. The third kappa shape index (κ3) is 3.67. The number of thioether (sulfide) groups is 1. The number of rotatable bonds is 6. The number of nitrogens with two attached hydrogens (primary N) is 3. The second-order valence-electron chi connectivity index (χ2n) is 8.12. The van der Waals surface area contributed by atoms with Gasteiger partial charge >= 0.3 is 0 Å². The van der Waals surface area contributed by atoms with Gasteiger partial charge in [0.2, 0.25) is 0 Å². The van der Waals surface area contributed by atoms with Crippen LogP contribution in [0.1, 0.15) is 17.5 Å². The molecular formula is C24H23N7O2S. The Hall–Kier alpha value is -4.18. The summed E-state index contributed by atoms with van der Waals surface area (Å²) < 4.78 is 2.04. The van der Waals surface area contributed by atoms with Crippen LogP contribution in [0.15, 0.2) is 48.8 Å². The van der Waals surface area contributed by atoms with Gasteiger partial charge < -0.3 is 26.8 Å². The smallest absolute Gasteiger partial charge is 0.259 e. The lowest BCUT2D eigenvalue weighted by atomic mass is 9.95. The monoisotopic (exact) mass is 473 g/mol. The third-order valence-corrected chi connectivity index (χ3v) is 6.69. The summed E-state index contributed by atoms with van der Waals surface area (Å²) in [5.41, 5.74) is 22.2. The van der Waals surface area contributed by atoms with Crippen molar-refractivity contribution in [3.05, 3.63) is 59.9 Å². The largest absolute Gasteiger partial charge is 0.399 e. The molecule has 9 nitrogen and oxygen atoms in total. The van der Waals surface area contributed by atoms with Crippen molar-refractivity contribution >= 4 is 73.1 Å². The number of aromatic nitrogens is 2. The van der Waals surface area contributed by atoms with E-state index in [1.165, 1.54) is 11.8 Å². The van der Waals surface area contributed by atoms with E-state index in [1.807, 2.05) is 35.0 Å². The van der Waals surface area contributed by atoms with E-state index in [4.69, 9.17) is 22.6 Å². The number of H-pyrrole nitrogens is 1. The number of hydrogen-bond donors (Lipinski definition) is 6. The first-order valence-electron chi connectivity index (χ1n) is 10.7. The molecule has 0 aliphatic carbocycles. The molecule has 2 amide bonds. The van der Waals surface area contributed by atoms with E-state index in [9.17, 15) is 9.59 Å². The minimum atomic E-state index is -0.453. The molecule has 1 aliphatic heterocycles. The van der Waals surface area contributed by atoms with E-state index < -0.39 is 11.8 Å². The summed E-state index contributed by atoms with van der Waals surface area (Å²) in [6.07, 6.45) is 4.39. The minimum Gasteiger partial charge on any atom is -0.399 e. The molecule has 34 heavy (non-hydrogen) atoms. The zero-order valence-electron chi connectivity index (χ0n) is 18.1. The van der Waals surface area contributed by atoms with Crippen LogP contribution < -0.4 is 22.5 Å². The van der Waals surface area contributed by atoms with Gasteiger partial charge in [0.05, 0.1) is 11.1 Å². The maximum absolute atomic E-state index is 13.1. The maximum Gasteiger partial charge on any atom is 0.259 e. The van der Waals surface area contributed by atoms with Gasteiger partial charge in [-0.25, -0.2) is 0 Å². The van der Waals surface area contributed by atoms with Crippen molar-refractivity contribution < 1.29 is 9.59 Å². The van der Waals surface area contributed by atoms with Crippen LogP contribution in [-0.2, 0) is 16.1 Å². The van der Waals surface area contributed by atoms with Crippen molar-refractivity contribution in [2.24, 2.45) is 5.73 Å². The van der Waals surface area contributed by atoms with Gasteiger partial charge in [0.1, 0.15) is 0 Å². The SMILES string of the molecule is N=C(N)SCCCn1cc(C2=C(c3c[nH]c4ccc(N)cc34)C(=O)NC2=O)c2cc(N)ccc21. The normalized spacial score (nSPS) is 13.9. The van der Waals surface area contributed by atoms with Crippen LogP contribution in [0.3, 0.4) is 0 Å². The number of anilines is 2. The molecule has 0 spiro atoms. The average molecular weight is 474 g/mol. The Morgan fingerprint density at radius 2 is 1.65 bits per heavy atom. The molecule has 0 atom stereocenters. The van der Waals surface area contributed by atoms with Gasteiger partial charge in [-0.05, 0) is 42.8 Å². The lowest BCUT2D eigenvalue weighted by Crippen LogP contribution is -2.22. The van der Waals surface area contributed by atoms with Crippen LogP contribution in [0.25, 0.3) is 33.0 Å². The first kappa shape index (κ1) is 21.7. The molecule has 9 N–H and O–H groups in total. The van der Waals surface area contributed by atoms with Crippen LogP contribution in [0, 0.1) is 5.41 Å². The van der Waals surface area contributed by atoms with Crippen LogP contribution in [-0.4, -0.2) is 32.3 Å². The van der Waals surface area contributed by atoms with Crippen molar-refractivity contribution in [2.75, 3.05) is 17.2 Å². The maximum atomic E-state index is 13.1. The predicted molar refractivity (Wildman–Crippen MR) is 138 cm³/mol. The molecule has 172 valence electrons. The Morgan fingerprint density at radius 3 is 2.38 bits per heavy atom. The van der Waals surface area contributed by atoms with Gasteiger partial charge in [-0.2, -0.15) is 0 Å². The lowest BCUT2D eigenvalue weighted by molar-refractivity contribution is -0.122. The van der Waals surface area contributed by atoms with Crippen molar-refractivity contribution in [1.29, 1.82) is 5.41 Å². The van der Waals surface area contributed by atoms with Gasteiger partial charge in [0.15, 0.2) is 5.17 Å². The molecule has 5 rings (SSSR count). The molecule has 0 fully saturated rings. The summed E-state index contributed by atoms with van der Waals surface area (Å²) in [7, 11) is 0. The second-order valence-corrected chi connectivity index (χ2v) is 9.26. The molecule has 0 saturated heterocycles. The van der Waals surface area contributed by atoms with E-state index in [-0.39, 0.29) is 5.17 Å². The molecule has 0 unspecified atom stereocenters. The number of nitrogen functional groups attached to an aromatic ring is 2. The Kier molecular flexibility index (Phi) is 5.29. The predicted octanol–water partition coefficient (Wildman–Crippen LogP) is 2.87. The van der Waals surface area contributed by atoms with Gasteiger partial charge in [-0.3, -0.25) is 20.3 Å². The first-order valence-corrected chi connectivity index (χ1v) is 11.6. The van der Waals surface area contributed by atoms with Crippen LogP contribution in [0.4, 0.5) is 11.4 Å². The quantitative estimate of drug-likeness (QED) is 0.0827. The number of hydrogen-bond acceptors (Lipinski definition) is 6. The molecule has 10 heteroatoms. The fourth-order valence-electron chi connectivity index (χ4n) is 4.43. The highest BCUT2D eigenvalue weighted by molar-refractivity contribution is 8.13. The van der Waals surface area contributed by atoms with Crippen LogP contribution in [0.2, 0.25) is 0 Å². The molecule has 0 saturated carbocycles. The summed E-state index contributed by atoms with van der Waals surface area (Å²) in [5.74, 6) is -0.207. The van der Waals surface area contributed by atoms with Crippen molar-refractivity contribution in [1.82, 2.24) is 14.9 Å². The fraction of sp³-hybridized carbons (Fsp3) is 0.125. The van der Waals surface area contributed by atoms with Gasteiger partial charge in [-0.15, -0.1) is 0 Å². The van der Waals surface area contributed by atoms with Crippen molar-refractivity contribution in [3.63, 3.8) is 0 Å². The molecule has 3 heterocycles. The Bertz CT molecular complexity index is 1530. The van der Waals surface area contributed by atoms with E-state index in [2.05, 4.69) is 10.3 Å². The number of nitrogens with one attached hydrogen (secondary N) is 3. The number of nitrogens with zero attached hydrogens (tertiary/aromatic N) is 1. The molecule has 0 bridgehead atoms. The highest BCUT2D eigenvalue weighted by atomic mass is 32.2. The van der Waals surface area contributed by atoms with Gasteiger partial charge in [-0.1, -0.05) is 11.8 Å². The summed E-state index contributed by atoms with van der Waals surface area (Å²) in [5, 5.41) is 11.5. The highest BCUT2D eigenvalue weighted by Gasteiger charge is 2.35. The molecule has 1 aliphatic rings. The molecule has 4 aromatic rings. The number of aromatic amines is 1.